The minimum absolute atomic E-state index is 0. The zero-order valence-electron chi connectivity index (χ0n) is 50.2. The van der Waals surface area contributed by atoms with Gasteiger partial charge in [-0.15, -0.1) is 47.2 Å². The molecular formula is C57H63Cl2F2IN12O17S2V. The van der Waals surface area contributed by atoms with Crippen LogP contribution in [0.2, 0.25) is 0 Å². The molecule has 6 aromatic heterocycles. The molecular weight excluding hydrogens is 1480 g/mol. The van der Waals surface area contributed by atoms with Gasteiger partial charge in [-0.3, -0.25) is 19.4 Å². The van der Waals surface area contributed by atoms with Gasteiger partial charge >= 0.3 is 35.2 Å². The van der Waals surface area contributed by atoms with E-state index >= 15 is 8.78 Å². The number of carbonyl (C=O) groups is 2. The number of aryl methyl sites for hydroxylation is 4. The standard InChI is InChI=1S/C28H28ClFN6O8S.C21H20FN3O6S.C7H10ClN3O3.CH4.HI.V/c1-14-22(44-28(39)42-14)13-32-4-6-33(7-5-32)21-9-20-18(8-19(21)30)25(37)24(26-35(20)16(3)45-26)27(38)43-17(10-29)12-34-15(2)31-11-23(34)36(40)41;1-10-16(31-21(29)30-10)9-23-3-5-24(6-4-23)15-8-14-12(7-13(15)22)18(26)17(20(27)28)19-25(14)11(2)32-19;1-5-9-3-7(11(13)14)10(5)4-6(12)2-8;;;/h8-9,11,16-17H,4-7,10,12-13H2,1-3H3;7-8,11H,3-6,9H2,1-2H3,(H,27,28);3,6,12H,2,4H2,1H3;1H4;1H;. The molecule has 37 heteroatoms. The van der Waals surface area contributed by atoms with Crippen molar-refractivity contribution in [2.45, 2.75) is 108 Å². The average Bonchev–Trinajstić information content (AvgIpc) is 0.914. The predicted octanol–water partition coefficient (Wildman–Crippen LogP) is 8.41. The first-order valence-corrected chi connectivity index (χ1v) is 31.0. The van der Waals surface area contributed by atoms with Crippen LogP contribution in [0, 0.1) is 59.6 Å². The first kappa shape index (κ1) is 74.4. The molecule has 4 aliphatic rings. The molecule has 1 radical (unpaired) electrons. The molecule has 0 saturated carbocycles. The van der Waals surface area contributed by atoms with Crippen molar-refractivity contribution >= 4 is 127 Å². The smallest absolute Gasteiger partial charge is 0.477 e. The second-order valence-corrected chi connectivity index (χ2v) is 24.8. The molecule has 4 unspecified atom stereocenters. The fourth-order valence-electron chi connectivity index (χ4n) is 11.1. The van der Waals surface area contributed by atoms with Crippen LogP contribution in [0.4, 0.5) is 31.8 Å². The summed E-state index contributed by atoms with van der Waals surface area (Å²) >= 11 is 14.1. The Morgan fingerprint density at radius 3 is 1.45 bits per heavy atom. The SMILES string of the molecule is C.Cc1ncc([N+](=O)[O-])n1CC(O)CCl.Cc1oc(=O)oc1CN1CCN(c2cc3c(cc2F)c(=O)c(C(=O)O)c2n3C(C)S2)CC1.Cc1oc(=O)oc1CN1CCN(c2cc3c(cc2F)c(=O)c(C(=O)OC(CCl)Cn2c([N+](=O)[O-])cnc2C)c2n3C(C)S2)CC1.I.[V]. The van der Waals surface area contributed by atoms with E-state index in [1.165, 1.54) is 32.7 Å². The second kappa shape index (κ2) is 30.8. The number of anilines is 2. The summed E-state index contributed by atoms with van der Waals surface area (Å²) in [6, 6.07) is 5.59. The Balaban J connectivity index is 0.000000222. The number of pyridine rings is 2. The van der Waals surface area contributed by atoms with Crippen molar-refractivity contribution in [3.05, 3.63) is 156 Å². The monoisotopic (exact) mass is 1540 g/mol. The number of benzene rings is 2. The van der Waals surface area contributed by atoms with Crippen LogP contribution in [0.5, 0.6) is 0 Å². The number of aliphatic hydroxyl groups excluding tert-OH is 1. The fraction of sp³-hybridized carbons (Fsp3) is 0.439. The van der Waals surface area contributed by atoms with E-state index in [1.54, 1.807) is 49.0 Å². The van der Waals surface area contributed by atoms with Crippen molar-refractivity contribution in [3.63, 3.8) is 0 Å². The van der Waals surface area contributed by atoms with E-state index in [2.05, 4.69) is 19.8 Å². The molecule has 2 aromatic carbocycles. The van der Waals surface area contributed by atoms with Crippen LogP contribution in [0.1, 0.15) is 87.4 Å². The molecule has 0 amide bonds. The van der Waals surface area contributed by atoms with Gasteiger partial charge in [0.1, 0.15) is 65.9 Å². The summed E-state index contributed by atoms with van der Waals surface area (Å²) in [7, 11) is 0. The molecule has 94 heavy (non-hydrogen) atoms. The van der Waals surface area contributed by atoms with Crippen LogP contribution in [0.15, 0.2) is 83.6 Å². The van der Waals surface area contributed by atoms with Gasteiger partial charge in [0.25, 0.3) is 0 Å². The number of halogens is 5. The zero-order chi connectivity index (χ0) is 65.6. The summed E-state index contributed by atoms with van der Waals surface area (Å²) in [6.45, 7) is 15.6. The van der Waals surface area contributed by atoms with Crippen molar-refractivity contribution in [3.8, 4) is 0 Å². The van der Waals surface area contributed by atoms with Gasteiger partial charge in [-0.25, -0.2) is 47.1 Å². The normalized spacial score (nSPS) is 16.5. The Bertz CT molecular complexity index is 4450. The van der Waals surface area contributed by atoms with Crippen molar-refractivity contribution in [1.29, 1.82) is 0 Å². The van der Waals surface area contributed by atoms with Crippen LogP contribution < -0.4 is 32.3 Å². The summed E-state index contributed by atoms with van der Waals surface area (Å²) < 4.78 is 62.4. The maximum absolute atomic E-state index is 15.6. The van der Waals surface area contributed by atoms with E-state index in [4.69, 9.17) is 45.6 Å². The number of carboxylic acid groups (broad SMARTS) is 1. The van der Waals surface area contributed by atoms with E-state index in [1.807, 2.05) is 23.6 Å². The minimum atomic E-state index is -1.30. The Morgan fingerprint density at radius 2 is 1.09 bits per heavy atom. The number of alkyl halides is 2. The fourth-order valence-corrected chi connectivity index (χ4v) is 13.7. The van der Waals surface area contributed by atoms with Gasteiger partial charge < -0.3 is 71.8 Å². The van der Waals surface area contributed by atoms with Crippen molar-refractivity contribution in [1.82, 2.24) is 38.0 Å². The summed E-state index contributed by atoms with van der Waals surface area (Å²) in [5, 5.41) is 41.4. The number of aromatic carboxylic acids is 1. The maximum atomic E-state index is 15.6. The molecule has 4 aliphatic heterocycles. The molecule has 29 nitrogen and oxygen atoms in total. The number of esters is 1. The third-order valence-corrected chi connectivity index (χ3v) is 18.9. The van der Waals surface area contributed by atoms with Crippen LogP contribution in [0.3, 0.4) is 0 Å². The van der Waals surface area contributed by atoms with E-state index in [0.29, 0.717) is 133 Å². The number of hydrogen-bond donors (Lipinski definition) is 2. The first-order chi connectivity index (χ1) is 43.3. The Labute approximate surface area is 579 Å². The van der Waals surface area contributed by atoms with Crippen LogP contribution in [0.25, 0.3) is 21.8 Å². The van der Waals surface area contributed by atoms with Gasteiger partial charge in [-0.2, -0.15) is 0 Å². The molecule has 2 fully saturated rings. The van der Waals surface area contributed by atoms with Gasteiger partial charge in [0.15, 0.2) is 29.3 Å². The third-order valence-electron chi connectivity index (χ3n) is 15.8. The largest absolute Gasteiger partial charge is 0.519 e. The molecule has 8 aromatic rings. The number of nitrogens with zero attached hydrogens (tertiary/aromatic N) is 12. The van der Waals surface area contributed by atoms with Crippen LogP contribution in [-0.2, 0) is 49.5 Å². The van der Waals surface area contributed by atoms with Gasteiger partial charge in [-0.05, 0) is 61.8 Å². The topological polar surface area (TPSA) is 349 Å². The number of rotatable bonds is 17. The number of nitro groups is 2. The number of carboxylic acids is 1. The van der Waals surface area contributed by atoms with E-state index in [0.717, 1.165) is 24.5 Å². The number of thioether (sulfide) groups is 2. The maximum Gasteiger partial charge on any atom is 0.519 e. The summed E-state index contributed by atoms with van der Waals surface area (Å²) in [4.78, 5) is 110. The Hall–Kier alpha value is -7.03. The second-order valence-electron chi connectivity index (χ2n) is 21.6. The van der Waals surface area contributed by atoms with Crippen molar-refractivity contribution in [2.75, 3.05) is 73.9 Å². The molecule has 12 rings (SSSR count). The molecule has 10 heterocycles. The number of ether oxygens (including phenoxy) is 1. The molecule has 4 atom stereocenters. The van der Waals surface area contributed by atoms with Gasteiger partial charge in [0, 0.05) is 95.5 Å². The van der Waals surface area contributed by atoms with Crippen molar-refractivity contribution < 1.29 is 79.4 Å². The Morgan fingerprint density at radius 1 is 0.681 bits per heavy atom. The summed E-state index contributed by atoms with van der Waals surface area (Å²) in [5.74, 6) is -2.81. The molecule has 2 saturated heterocycles. The number of fused-ring (bicyclic) bond motifs is 6. The number of aliphatic hydroxyl groups is 1. The summed E-state index contributed by atoms with van der Waals surface area (Å²) in [6.07, 6.45) is 0.458. The molecule has 0 spiro atoms. The first-order valence-electron chi connectivity index (χ1n) is 28.1. The minimum Gasteiger partial charge on any atom is -0.477 e. The number of hydrogen-bond acceptors (Lipinski definition) is 24. The van der Waals surface area contributed by atoms with Gasteiger partial charge in [0.05, 0.1) is 68.1 Å². The predicted molar refractivity (Wildman–Crippen MR) is 349 cm³/mol. The molecule has 2 N–H and O–H groups in total. The zero-order valence-corrected chi connectivity index (χ0v) is 57.1. The van der Waals surface area contributed by atoms with Gasteiger partial charge in [0.2, 0.25) is 10.9 Å². The molecule has 0 aliphatic carbocycles. The number of piperazine rings is 2. The van der Waals surface area contributed by atoms with Gasteiger partial charge in [-0.1, -0.05) is 31.0 Å². The van der Waals surface area contributed by atoms with Crippen LogP contribution in [-0.4, -0.2) is 146 Å². The average molecular weight is 1540 g/mol. The van der Waals surface area contributed by atoms with Crippen LogP contribution >= 0.6 is 70.7 Å². The van der Waals surface area contributed by atoms with E-state index < -0.39 is 68.1 Å². The quantitative estimate of drug-likeness (QED) is 0.0284. The number of aromatic nitrogens is 6. The number of carbonyl (C=O) groups excluding carboxylic acids is 1. The Kier molecular flexibility index (Phi) is 24.4. The number of imidazole rings is 2. The summed E-state index contributed by atoms with van der Waals surface area (Å²) in [5.41, 5.74) is -0.133. The third kappa shape index (κ3) is 15.1. The molecule has 0 bridgehead atoms. The van der Waals surface area contributed by atoms with Crippen molar-refractivity contribution in [2.24, 2.45) is 0 Å². The molecule has 505 valence electrons. The van der Waals surface area contributed by atoms with E-state index in [-0.39, 0.29) is 119 Å². The van der Waals surface area contributed by atoms with E-state index in [9.17, 15) is 59.2 Å².